The molecule has 25 heavy (non-hydrogen) atoms. The molecule has 0 radical (unpaired) electrons. The SMILES string of the molecule is CO/C(=C(\C)C(=O)O)C(O)C1(S(=O)(=O)c2ccccc2)CCCCO1. The number of hydrogen-bond donors (Lipinski definition) is 2. The van der Waals surface area contributed by atoms with Crippen LogP contribution in [0.5, 0.6) is 0 Å². The Balaban J connectivity index is 2.63. The molecular weight excluding hydrogens is 348 g/mol. The van der Waals surface area contributed by atoms with E-state index in [1.807, 2.05) is 0 Å². The van der Waals surface area contributed by atoms with E-state index in [9.17, 15) is 23.4 Å². The highest BCUT2D eigenvalue weighted by Gasteiger charge is 2.55. The molecule has 1 aliphatic rings. The second-order valence-electron chi connectivity index (χ2n) is 5.83. The van der Waals surface area contributed by atoms with E-state index < -0.39 is 26.8 Å². The average Bonchev–Trinajstić information content (AvgIpc) is 2.63. The molecule has 2 atom stereocenters. The van der Waals surface area contributed by atoms with Crippen molar-refractivity contribution in [2.45, 2.75) is 42.1 Å². The number of methoxy groups -OCH3 is 1. The molecule has 138 valence electrons. The predicted octanol–water partition coefficient (Wildman–Crippen LogP) is 1.72. The summed E-state index contributed by atoms with van der Waals surface area (Å²) < 4.78 is 37.2. The van der Waals surface area contributed by atoms with Crippen LogP contribution < -0.4 is 0 Å². The third kappa shape index (κ3) is 3.42. The lowest BCUT2D eigenvalue weighted by atomic mass is 10.00. The lowest BCUT2D eigenvalue weighted by molar-refractivity contribution is -0.133. The van der Waals surface area contributed by atoms with Gasteiger partial charge in [-0.1, -0.05) is 18.2 Å². The fraction of sp³-hybridized carbons (Fsp3) is 0.471. The van der Waals surface area contributed by atoms with Crippen LogP contribution >= 0.6 is 0 Å². The number of sulfone groups is 1. The Bertz CT molecular complexity index is 746. The van der Waals surface area contributed by atoms with E-state index in [4.69, 9.17) is 9.47 Å². The monoisotopic (exact) mass is 370 g/mol. The molecule has 7 nitrogen and oxygen atoms in total. The first-order valence-corrected chi connectivity index (χ1v) is 9.36. The van der Waals surface area contributed by atoms with Crippen molar-refractivity contribution in [2.24, 2.45) is 0 Å². The summed E-state index contributed by atoms with van der Waals surface area (Å²) in [6.45, 7) is 1.39. The Morgan fingerprint density at radius 2 is 1.92 bits per heavy atom. The van der Waals surface area contributed by atoms with Gasteiger partial charge in [0.1, 0.15) is 5.76 Å². The lowest BCUT2D eigenvalue weighted by Gasteiger charge is -2.40. The van der Waals surface area contributed by atoms with Gasteiger partial charge in [0, 0.05) is 6.61 Å². The number of carbonyl (C=O) groups is 1. The minimum atomic E-state index is -4.12. The maximum absolute atomic E-state index is 13.3. The summed E-state index contributed by atoms with van der Waals surface area (Å²) in [6, 6.07) is 7.67. The van der Waals surface area contributed by atoms with Crippen LogP contribution in [-0.4, -0.2) is 49.4 Å². The summed E-state index contributed by atoms with van der Waals surface area (Å²) in [5, 5.41) is 20.0. The Labute approximate surface area is 146 Å². The van der Waals surface area contributed by atoms with Gasteiger partial charge in [-0.05, 0) is 38.3 Å². The van der Waals surface area contributed by atoms with E-state index in [0.717, 1.165) is 0 Å². The summed E-state index contributed by atoms with van der Waals surface area (Å²) >= 11 is 0. The molecule has 1 aromatic rings. The molecule has 1 saturated heterocycles. The Morgan fingerprint density at radius 1 is 1.28 bits per heavy atom. The van der Waals surface area contributed by atoms with Crippen molar-refractivity contribution in [3.63, 3.8) is 0 Å². The number of carboxylic acids is 1. The minimum Gasteiger partial charge on any atom is -0.498 e. The van der Waals surface area contributed by atoms with Gasteiger partial charge in [0.25, 0.3) is 0 Å². The molecule has 0 bridgehead atoms. The van der Waals surface area contributed by atoms with Crippen molar-refractivity contribution in [2.75, 3.05) is 13.7 Å². The topological polar surface area (TPSA) is 110 Å². The molecule has 8 heteroatoms. The maximum atomic E-state index is 13.3. The van der Waals surface area contributed by atoms with Crippen molar-refractivity contribution in [3.05, 3.63) is 41.7 Å². The number of aliphatic carboxylic acids is 1. The molecule has 1 heterocycles. The normalized spacial score (nSPS) is 23.5. The van der Waals surface area contributed by atoms with E-state index in [0.29, 0.717) is 12.8 Å². The molecule has 0 spiro atoms. The summed E-state index contributed by atoms with van der Waals surface area (Å²) in [5.41, 5.74) is -0.271. The fourth-order valence-electron chi connectivity index (χ4n) is 2.94. The first-order valence-electron chi connectivity index (χ1n) is 7.87. The van der Waals surface area contributed by atoms with Crippen LogP contribution in [0.25, 0.3) is 0 Å². The third-order valence-corrected chi connectivity index (χ3v) is 6.70. The van der Waals surface area contributed by atoms with Gasteiger partial charge in [-0.15, -0.1) is 0 Å². The van der Waals surface area contributed by atoms with Gasteiger partial charge in [-0.2, -0.15) is 0 Å². The molecule has 2 rings (SSSR count). The smallest absolute Gasteiger partial charge is 0.334 e. The zero-order valence-corrected chi connectivity index (χ0v) is 15.0. The van der Waals surface area contributed by atoms with Crippen LogP contribution in [0.15, 0.2) is 46.6 Å². The number of rotatable bonds is 6. The van der Waals surface area contributed by atoms with Gasteiger partial charge in [-0.25, -0.2) is 13.2 Å². The molecule has 0 aliphatic carbocycles. The van der Waals surface area contributed by atoms with Crippen molar-refractivity contribution in [1.82, 2.24) is 0 Å². The molecule has 0 saturated carbocycles. The summed E-state index contributed by atoms with van der Waals surface area (Å²) in [6.07, 6.45) is -0.556. The molecule has 0 aromatic heterocycles. The number of carboxylic acid groups (broad SMARTS) is 1. The minimum absolute atomic E-state index is 0.000573. The van der Waals surface area contributed by atoms with Crippen LogP contribution in [0.1, 0.15) is 26.2 Å². The predicted molar refractivity (Wildman–Crippen MR) is 89.5 cm³/mol. The highest BCUT2D eigenvalue weighted by molar-refractivity contribution is 7.92. The number of benzene rings is 1. The first-order chi connectivity index (χ1) is 11.8. The zero-order chi connectivity index (χ0) is 18.7. The zero-order valence-electron chi connectivity index (χ0n) is 14.1. The van der Waals surface area contributed by atoms with Crippen molar-refractivity contribution in [1.29, 1.82) is 0 Å². The second-order valence-corrected chi connectivity index (χ2v) is 8.00. The highest BCUT2D eigenvalue weighted by atomic mass is 32.2. The number of ether oxygens (including phenoxy) is 2. The average molecular weight is 370 g/mol. The summed E-state index contributed by atoms with van der Waals surface area (Å²) in [7, 11) is -2.93. The van der Waals surface area contributed by atoms with Crippen LogP contribution in [0.2, 0.25) is 0 Å². The Hall–Kier alpha value is -1.90. The Morgan fingerprint density at radius 3 is 2.40 bits per heavy atom. The third-order valence-electron chi connectivity index (χ3n) is 4.35. The molecule has 0 amide bonds. The van der Waals surface area contributed by atoms with Crippen molar-refractivity contribution in [3.8, 4) is 0 Å². The second kappa shape index (κ2) is 7.55. The van der Waals surface area contributed by atoms with Gasteiger partial charge < -0.3 is 19.7 Å². The molecule has 1 aliphatic heterocycles. The summed E-state index contributed by atoms with van der Waals surface area (Å²) in [4.78, 5) is 9.28. The highest BCUT2D eigenvalue weighted by Crippen LogP contribution is 2.40. The van der Waals surface area contributed by atoms with Gasteiger partial charge in [0.2, 0.25) is 14.8 Å². The fourth-order valence-corrected chi connectivity index (χ4v) is 4.91. The molecular formula is C17H22O7S. The summed E-state index contributed by atoms with van der Waals surface area (Å²) in [5.74, 6) is -1.63. The number of hydrogen-bond acceptors (Lipinski definition) is 6. The van der Waals surface area contributed by atoms with Gasteiger partial charge in [0.05, 0.1) is 17.6 Å². The van der Waals surface area contributed by atoms with Crippen LogP contribution in [-0.2, 0) is 24.1 Å². The van der Waals surface area contributed by atoms with Gasteiger partial charge in [0.15, 0.2) is 6.10 Å². The van der Waals surface area contributed by atoms with E-state index >= 15 is 0 Å². The van der Waals surface area contributed by atoms with E-state index in [1.54, 1.807) is 18.2 Å². The van der Waals surface area contributed by atoms with Crippen molar-refractivity contribution < 1.29 is 32.9 Å². The van der Waals surface area contributed by atoms with E-state index in [2.05, 4.69) is 0 Å². The quantitative estimate of drug-likeness (QED) is 0.579. The van der Waals surface area contributed by atoms with E-state index in [1.165, 1.54) is 26.2 Å². The number of aliphatic hydroxyl groups is 1. The largest absolute Gasteiger partial charge is 0.498 e. The van der Waals surface area contributed by atoms with Crippen LogP contribution in [0, 0.1) is 0 Å². The lowest BCUT2D eigenvalue weighted by Crippen LogP contribution is -2.54. The standard InChI is InChI=1S/C17H22O7S/c1-12(16(19)20)14(23-2)15(18)17(10-6-7-11-24-17)25(21,22)13-8-4-3-5-9-13/h3-5,8-9,15,18H,6-7,10-11H2,1-2H3,(H,19,20)/b14-12+. The Kier molecular flexibility index (Phi) is 5.87. The molecule has 1 fully saturated rings. The molecule has 2 unspecified atom stereocenters. The van der Waals surface area contributed by atoms with Crippen LogP contribution in [0.4, 0.5) is 0 Å². The molecule has 2 N–H and O–H groups in total. The molecule has 1 aromatic carbocycles. The first kappa shape index (κ1) is 19.4. The van der Waals surface area contributed by atoms with Crippen molar-refractivity contribution >= 4 is 15.8 Å². The van der Waals surface area contributed by atoms with E-state index in [-0.39, 0.29) is 29.3 Å². The maximum Gasteiger partial charge on any atom is 0.334 e. The van der Waals surface area contributed by atoms with Crippen LogP contribution in [0.3, 0.4) is 0 Å². The van der Waals surface area contributed by atoms with Gasteiger partial charge >= 0.3 is 5.97 Å². The number of aliphatic hydroxyl groups excluding tert-OH is 1. The van der Waals surface area contributed by atoms with Gasteiger partial charge in [-0.3, -0.25) is 0 Å².